The smallest absolute Gasteiger partial charge is 0.315 e. The lowest BCUT2D eigenvalue weighted by Crippen LogP contribution is -2.31. The first-order chi connectivity index (χ1) is 16.7. The van der Waals surface area contributed by atoms with Crippen molar-refractivity contribution in [2.45, 2.75) is 51.4 Å². The largest absolute Gasteiger partial charge is 0.333 e. The molecule has 0 atom stereocenters. The highest BCUT2D eigenvalue weighted by Crippen LogP contribution is 2.26. The topological polar surface area (TPSA) is 98.2 Å². The van der Waals surface area contributed by atoms with Crippen LogP contribution in [0.2, 0.25) is 0 Å². The number of hydrogen-bond acceptors (Lipinski definition) is 7. The fourth-order valence-electron chi connectivity index (χ4n) is 3.22. The fraction of sp³-hybridized carbons (Fsp3) is 0.409. The Kier molecular flexibility index (Phi) is 9.04. The number of alkyl halides is 4. The van der Waals surface area contributed by atoms with Gasteiger partial charge in [-0.3, -0.25) is 4.79 Å². The van der Waals surface area contributed by atoms with Gasteiger partial charge in [0, 0.05) is 37.1 Å². The first kappa shape index (κ1) is 26.0. The molecule has 0 aliphatic rings. The number of rotatable bonds is 13. The van der Waals surface area contributed by atoms with Crippen molar-refractivity contribution in [1.82, 2.24) is 20.3 Å². The van der Waals surface area contributed by atoms with E-state index in [2.05, 4.69) is 35.9 Å². The number of hydrogen-bond donors (Lipinski definition) is 0. The SMILES string of the molecule is C=C(F)CCC(=O)N(CCCCCc1noc(C(F)F)n1)c1cccc(-c2noc(C(F)F)n2)c1. The average molecular weight is 499 g/mol. The normalized spacial score (nSPS) is 11.4. The van der Waals surface area contributed by atoms with Gasteiger partial charge in [0.05, 0.1) is 5.83 Å². The molecule has 8 nitrogen and oxygen atoms in total. The van der Waals surface area contributed by atoms with E-state index in [1.54, 1.807) is 24.3 Å². The summed E-state index contributed by atoms with van der Waals surface area (Å²) in [4.78, 5) is 21.5. The van der Waals surface area contributed by atoms with Gasteiger partial charge in [-0.1, -0.05) is 35.4 Å². The number of amides is 1. The molecule has 35 heavy (non-hydrogen) atoms. The van der Waals surface area contributed by atoms with E-state index in [9.17, 15) is 26.7 Å². The van der Waals surface area contributed by atoms with Crippen LogP contribution in [0.3, 0.4) is 0 Å². The van der Waals surface area contributed by atoms with Crippen molar-refractivity contribution in [2.24, 2.45) is 0 Å². The summed E-state index contributed by atoms with van der Waals surface area (Å²) in [6, 6.07) is 6.38. The van der Waals surface area contributed by atoms with Crippen LogP contribution in [-0.2, 0) is 11.2 Å². The van der Waals surface area contributed by atoms with Crippen LogP contribution in [0, 0.1) is 0 Å². The maximum Gasteiger partial charge on any atom is 0.315 e. The van der Waals surface area contributed by atoms with Crippen molar-refractivity contribution >= 4 is 11.6 Å². The van der Waals surface area contributed by atoms with Gasteiger partial charge in [-0.15, -0.1) is 0 Å². The number of anilines is 1. The highest BCUT2D eigenvalue weighted by molar-refractivity contribution is 5.94. The Morgan fingerprint density at radius 2 is 1.69 bits per heavy atom. The van der Waals surface area contributed by atoms with Gasteiger partial charge in [0.2, 0.25) is 11.7 Å². The van der Waals surface area contributed by atoms with Gasteiger partial charge in [0.15, 0.2) is 5.82 Å². The summed E-state index contributed by atoms with van der Waals surface area (Å²) in [5.74, 6) is -2.42. The van der Waals surface area contributed by atoms with Gasteiger partial charge in [0.25, 0.3) is 11.8 Å². The molecule has 0 unspecified atom stereocenters. The highest BCUT2D eigenvalue weighted by Gasteiger charge is 2.20. The Balaban J connectivity index is 1.66. The Hall–Kier alpha value is -3.64. The second-order valence-corrected chi connectivity index (χ2v) is 7.53. The molecular formula is C22H22F5N5O3. The van der Waals surface area contributed by atoms with E-state index >= 15 is 0 Å². The molecule has 3 aromatic rings. The summed E-state index contributed by atoms with van der Waals surface area (Å²) in [6.07, 6.45) is -3.97. The minimum atomic E-state index is -2.92. The van der Waals surface area contributed by atoms with Crippen molar-refractivity contribution < 1.29 is 35.8 Å². The van der Waals surface area contributed by atoms with Crippen LogP contribution >= 0.6 is 0 Å². The van der Waals surface area contributed by atoms with Crippen molar-refractivity contribution in [3.05, 3.63) is 54.3 Å². The van der Waals surface area contributed by atoms with Gasteiger partial charge in [0.1, 0.15) is 0 Å². The molecule has 0 bridgehead atoms. The zero-order valence-corrected chi connectivity index (χ0v) is 18.5. The number of aryl methyl sites for hydroxylation is 1. The Morgan fingerprint density at radius 1 is 0.971 bits per heavy atom. The summed E-state index contributed by atoms with van der Waals surface area (Å²) in [5.41, 5.74) is 0.804. The molecule has 0 aliphatic heterocycles. The lowest BCUT2D eigenvalue weighted by Gasteiger charge is -2.23. The Bertz CT molecular complexity index is 1130. The number of carbonyl (C=O) groups excluding carboxylic acids is 1. The van der Waals surface area contributed by atoms with Gasteiger partial charge in [-0.05, 0) is 25.0 Å². The molecule has 0 N–H and O–H groups in total. The second kappa shape index (κ2) is 12.2. The van der Waals surface area contributed by atoms with Crippen LogP contribution in [-0.4, -0.2) is 32.7 Å². The Labute approximate surface area is 196 Å². The van der Waals surface area contributed by atoms with E-state index < -0.39 is 30.5 Å². The molecule has 0 saturated carbocycles. The zero-order valence-electron chi connectivity index (χ0n) is 18.5. The molecule has 3 rings (SSSR count). The zero-order chi connectivity index (χ0) is 25.4. The second-order valence-electron chi connectivity index (χ2n) is 7.53. The number of nitrogens with zero attached hydrogens (tertiary/aromatic N) is 5. The number of allylic oxidation sites excluding steroid dienone is 1. The number of unbranched alkanes of at least 4 members (excludes halogenated alkanes) is 2. The number of carbonyl (C=O) groups is 1. The highest BCUT2D eigenvalue weighted by atomic mass is 19.3. The quantitative estimate of drug-likeness (QED) is 0.210. The molecule has 2 aromatic heterocycles. The van der Waals surface area contributed by atoms with E-state index in [0.29, 0.717) is 36.9 Å². The number of halogens is 5. The number of benzene rings is 1. The van der Waals surface area contributed by atoms with Crippen LogP contribution in [0.5, 0.6) is 0 Å². The first-order valence-electron chi connectivity index (χ1n) is 10.7. The van der Waals surface area contributed by atoms with Crippen LogP contribution in [0.4, 0.5) is 27.6 Å². The van der Waals surface area contributed by atoms with E-state index in [4.69, 9.17) is 0 Å². The third kappa shape index (κ3) is 7.42. The maximum absolute atomic E-state index is 13.1. The molecule has 188 valence electrons. The van der Waals surface area contributed by atoms with Crippen molar-refractivity contribution in [3.63, 3.8) is 0 Å². The van der Waals surface area contributed by atoms with Gasteiger partial charge < -0.3 is 13.9 Å². The molecule has 0 saturated heterocycles. The van der Waals surface area contributed by atoms with Gasteiger partial charge in [-0.25, -0.2) is 4.39 Å². The summed E-state index contributed by atoms with van der Waals surface area (Å²) in [6.45, 7) is 3.43. The predicted octanol–water partition coefficient (Wildman–Crippen LogP) is 6.00. The van der Waals surface area contributed by atoms with E-state index in [-0.39, 0.29) is 36.9 Å². The number of aromatic nitrogens is 4. The summed E-state index contributed by atoms with van der Waals surface area (Å²) in [5, 5.41) is 7.04. The summed E-state index contributed by atoms with van der Waals surface area (Å²) >= 11 is 0. The Morgan fingerprint density at radius 3 is 2.34 bits per heavy atom. The summed E-state index contributed by atoms with van der Waals surface area (Å²) in [7, 11) is 0. The molecule has 0 radical (unpaired) electrons. The predicted molar refractivity (Wildman–Crippen MR) is 113 cm³/mol. The molecular weight excluding hydrogens is 477 g/mol. The lowest BCUT2D eigenvalue weighted by molar-refractivity contribution is -0.118. The maximum atomic E-state index is 13.1. The molecule has 0 fully saturated rings. The minimum Gasteiger partial charge on any atom is -0.333 e. The third-order valence-electron chi connectivity index (χ3n) is 4.91. The van der Waals surface area contributed by atoms with Crippen LogP contribution in [0.25, 0.3) is 11.4 Å². The first-order valence-corrected chi connectivity index (χ1v) is 10.7. The van der Waals surface area contributed by atoms with Crippen molar-refractivity contribution in [3.8, 4) is 11.4 Å². The summed E-state index contributed by atoms with van der Waals surface area (Å²) < 4.78 is 72.7. The molecule has 13 heteroatoms. The van der Waals surface area contributed by atoms with Crippen LogP contribution in [0.1, 0.15) is 62.6 Å². The molecule has 2 heterocycles. The molecule has 0 aliphatic carbocycles. The molecule has 1 amide bonds. The van der Waals surface area contributed by atoms with Crippen LogP contribution < -0.4 is 4.90 Å². The lowest BCUT2D eigenvalue weighted by atomic mass is 10.1. The minimum absolute atomic E-state index is 0.0602. The third-order valence-corrected chi connectivity index (χ3v) is 4.91. The average Bonchev–Trinajstić information content (AvgIpc) is 3.50. The van der Waals surface area contributed by atoms with Gasteiger partial charge in [-0.2, -0.15) is 27.5 Å². The van der Waals surface area contributed by atoms with E-state index in [1.165, 1.54) is 4.90 Å². The molecule has 1 aromatic carbocycles. The monoisotopic (exact) mass is 499 g/mol. The van der Waals surface area contributed by atoms with Crippen molar-refractivity contribution in [1.29, 1.82) is 0 Å². The van der Waals surface area contributed by atoms with Crippen molar-refractivity contribution in [2.75, 3.05) is 11.4 Å². The van der Waals surface area contributed by atoms with E-state index in [0.717, 1.165) is 0 Å². The molecule has 0 spiro atoms. The van der Waals surface area contributed by atoms with Crippen LogP contribution in [0.15, 0.2) is 45.7 Å². The standard InChI is InChI=1S/C22H22F5N5O3/c1-13(23)9-10-17(33)32(11-4-2-3-8-16-28-21(18(24)25)34-30-16)15-7-5-6-14(12-15)20-29-22(19(26)27)35-31-20/h5-7,12,18-19H,1-4,8-11H2. The van der Waals surface area contributed by atoms with E-state index in [1.807, 2.05) is 0 Å². The fourth-order valence-corrected chi connectivity index (χ4v) is 3.22. The van der Waals surface area contributed by atoms with Gasteiger partial charge >= 0.3 is 12.9 Å².